The molecule has 1 saturated carbocycles. The van der Waals surface area contributed by atoms with Crippen molar-refractivity contribution in [3.05, 3.63) is 0 Å². The first-order chi connectivity index (χ1) is 16.6. The SMILES string of the molecule is CCCCCCCC(CCCCCCCCC1CC1CCCCCC(=O)OCC)CCN(C)C. The number of rotatable bonds is 25. The fraction of sp³-hybridized carbons (Fsp3) is 0.968. The zero-order chi connectivity index (χ0) is 24.9. The van der Waals surface area contributed by atoms with E-state index in [-0.39, 0.29) is 5.97 Å². The predicted octanol–water partition coefficient (Wildman–Crippen LogP) is 9.19. The van der Waals surface area contributed by atoms with E-state index in [9.17, 15) is 4.79 Å². The number of carbonyl (C=O) groups excluding carboxylic acids is 1. The summed E-state index contributed by atoms with van der Waals surface area (Å²) < 4.78 is 5.00. The van der Waals surface area contributed by atoms with Crippen molar-refractivity contribution in [1.29, 1.82) is 0 Å². The summed E-state index contributed by atoms with van der Waals surface area (Å²) >= 11 is 0. The van der Waals surface area contributed by atoms with E-state index in [4.69, 9.17) is 4.74 Å². The second kappa shape index (κ2) is 21.7. The quantitative estimate of drug-likeness (QED) is 0.0965. The van der Waals surface area contributed by atoms with E-state index in [0.717, 1.165) is 24.2 Å². The zero-order valence-corrected chi connectivity index (χ0v) is 23.8. The zero-order valence-electron chi connectivity index (χ0n) is 23.8. The first-order valence-corrected chi connectivity index (χ1v) is 15.4. The van der Waals surface area contributed by atoms with Crippen LogP contribution in [0.1, 0.15) is 149 Å². The second-order valence-corrected chi connectivity index (χ2v) is 11.5. The first kappa shape index (κ1) is 31.5. The van der Waals surface area contributed by atoms with E-state index in [1.54, 1.807) is 0 Å². The molecule has 0 bridgehead atoms. The van der Waals surface area contributed by atoms with Crippen LogP contribution >= 0.6 is 0 Å². The molecule has 3 heteroatoms. The van der Waals surface area contributed by atoms with Crippen molar-refractivity contribution in [2.75, 3.05) is 27.2 Å². The van der Waals surface area contributed by atoms with Gasteiger partial charge in [0.2, 0.25) is 0 Å². The molecule has 202 valence electrons. The number of hydrogen-bond donors (Lipinski definition) is 0. The molecule has 1 aliphatic carbocycles. The highest BCUT2D eigenvalue weighted by molar-refractivity contribution is 5.69. The molecular weight excluding hydrogens is 418 g/mol. The number of carbonyl (C=O) groups is 1. The molecular formula is C31H61NO2. The average Bonchev–Trinajstić information content (AvgIpc) is 3.56. The van der Waals surface area contributed by atoms with Crippen molar-refractivity contribution in [2.45, 2.75) is 149 Å². The van der Waals surface area contributed by atoms with E-state index in [1.165, 1.54) is 129 Å². The highest BCUT2D eigenvalue weighted by Gasteiger charge is 2.35. The molecule has 0 aromatic carbocycles. The molecule has 0 aromatic heterocycles. The van der Waals surface area contributed by atoms with Gasteiger partial charge in [0.05, 0.1) is 6.61 Å². The van der Waals surface area contributed by atoms with E-state index < -0.39 is 0 Å². The first-order valence-electron chi connectivity index (χ1n) is 15.4. The van der Waals surface area contributed by atoms with Gasteiger partial charge in [0.15, 0.2) is 0 Å². The summed E-state index contributed by atoms with van der Waals surface area (Å²) in [5.74, 6) is 2.97. The number of esters is 1. The summed E-state index contributed by atoms with van der Waals surface area (Å²) in [6, 6.07) is 0. The Morgan fingerprint density at radius 3 is 1.82 bits per heavy atom. The maximum atomic E-state index is 11.4. The molecule has 0 heterocycles. The third-order valence-electron chi connectivity index (χ3n) is 7.97. The van der Waals surface area contributed by atoms with Gasteiger partial charge < -0.3 is 9.64 Å². The van der Waals surface area contributed by atoms with E-state index in [2.05, 4.69) is 25.9 Å². The van der Waals surface area contributed by atoms with Crippen molar-refractivity contribution < 1.29 is 9.53 Å². The van der Waals surface area contributed by atoms with Gasteiger partial charge in [0.25, 0.3) is 0 Å². The van der Waals surface area contributed by atoms with E-state index in [1.807, 2.05) is 6.92 Å². The van der Waals surface area contributed by atoms with Gasteiger partial charge in [-0.05, 0) is 64.6 Å². The molecule has 3 unspecified atom stereocenters. The van der Waals surface area contributed by atoms with Crippen LogP contribution in [0.25, 0.3) is 0 Å². The lowest BCUT2D eigenvalue weighted by Gasteiger charge is -2.19. The van der Waals surface area contributed by atoms with Crippen LogP contribution in [0.5, 0.6) is 0 Å². The van der Waals surface area contributed by atoms with Crippen molar-refractivity contribution in [1.82, 2.24) is 4.90 Å². The molecule has 0 N–H and O–H groups in total. The van der Waals surface area contributed by atoms with Crippen LogP contribution in [-0.2, 0) is 9.53 Å². The van der Waals surface area contributed by atoms with Gasteiger partial charge in [-0.2, -0.15) is 0 Å². The number of hydrogen-bond acceptors (Lipinski definition) is 3. The maximum absolute atomic E-state index is 11.4. The monoisotopic (exact) mass is 479 g/mol. The molecule has 0 spiro atoms. The minimum absolute atomic E-state index is 0.0197. The summed E-state index contributed by atoms with van der Waals surface area (Å²) in [7, 11) is 4.44. The van der Waals surface area contributed by atoms with Crippen LogP contribution in [0.2, 0.25) is 0 Å². The van der Waals surface area contributed by atoms with Gasteiger partial charge >= 0.3 is 5.97 Å². The lowest BCUT2D eigenvalue weighted by molar-refractivity contribution is -0.143. The number of nitrogens with zero attached hydrogens (tertiary/aromatic N) is 1. The molecule has 3 nitrogen and oxygen atoms in total. The Labute approximate surface area is 214 Å². The third kappa shape index (κ3) is 18.7. The number of unbranched alkanes of at least 4 members (excludes halogenated alkanes) is 11. The summed E-state index contributed by atoms with van der Waals surface area (Å²) in [5.41, 5.74) is 0. The molecule has 0 aliphatic heterocycles. The van der Waals surface area contributed by atoms with Gasteiger partial charge in [-0.1, -0.05) is 116 Å². The Morgan fingerprint density at radius 2 is 1.26 bits per heavy atom. The van der Waals surface area contributed by atoms with Gasteiger partial charge in [0, 0.05) is 6.42 Å². The average molecular weight is 480 g/mol. The van der Waals surface area contributed by atoms with E-state index >= 15 is 0 Å². The Morgan fingerprint density at radius 1 is 0.735 bits per heavy atom. The number of ether oxygens (including phenoxy) is 1. The van der Waals surface area contributed by atoms with Gasteiger partial charge in [-0.15, -0.1) is 0 Å². The van der Waals surface area contributed by atoms with Crippen LogP contribution in [0.15, 0.2) is 0 Å². The largest absolute Gasteiger partial charge is 0.466 e. The minimum Gasteiger partial charge on any atom is -0.466 e. The topological polar surface area (TPSA) is 29.5 Å². The second-order valence-electron chi connectivity index (χ2n) is 11.5. The van der Waals surface area contributed by atoms with Crippen molar-refractivity contribution in [3.63, 3.8) is 0 Å². The normalized spacial score (nSPS) is 18.4. The Kier molecular flexibility index (Phi) is 20.1. The van der Waals surface area contributed by atoms with Gasteiger partial charge in [-0.25, -0.2) is 0 Å². The van der Waals surface area contributed by atoms with Crippen LogP contribution < -0.4 is 0 Å². The molecule has 0 radical (unpaired) electrons. The Bertz CT molecular complexity index is 464. The van der Waals surface area contributed by atoms with Crippen LogP contribution in [0.4, 0.5) is 0 Å². The molecule has 3 atom stereocenters. The summed E-state index contributed by atoms with van der Waals surface area (Å²) in [4.78, 5) is 13.7. The lowest BCUT2D eigenvalue weighted by Crippen LogP contribution is -2.17. The Balaban J connectivity index is 1.93. The van der Waals surface area contributed by atoms with Crippen LogP contribution in [-0.4, -0.2) is 38.1 Å². The van der Waals surface area contributed by atoms with Gasteiger partial charge in [-0.3, -0.25) is 4.79 Å². The molecule has 0 aromatic rings. The summed E-state index contributed by atoms with van der Waals surface area (Å²) in [5, 5.41) is 0. The molecule has 0 amide bonds. The predicted molar refractivity (Wildman–Crippen MR) is 148 cm³/mol. The highest BCUT2D eigenvalue weighted by atomic mass is 16.5. The smallest absolute Gasteiger partial charge is 0.305 e. The molecule has 1 fully saturated rings. The van der Waals surface area contributed by atoms with Crippen molar-refractivity contribution in [2.24, 2.45) is 17.8 Å². The molecule has 0 saturated heterocycles. The molecule has 1 rings (SSSR count). The van der Waals surface area contributed by atoms with Crippen molar-refractivity contribution >= 4 is 5.97 Å². The van der Waals surface area contributed by atoms with Crippen molar-refractivity contribution in [3.8, 4) is 0 Å². The van der Waals surface area contributed by atoms with E-state index in [0.29, 0.717) is 13.0 Å². The van der Waals surface area contributed by atoms with Crippen LogP contribution in [0.3, 0.4) is 0 Å². The molecule has 1 aliphatic rings. The molecule has 34 heavy (non-hydrogen) atoms. The fourth-order valence-corrected chi connectivity index (χ4v) is 5.56. The van der Waals surface area contributed by atoms with Gasteiger partial charge in [0.1, 0.15) is 0 Å². The maximum Gasteiger partial charge on any atom is 0.305 e. The Hall–Kier alpha value is -0.570. The third-order valence-corrected chi connectivity index (χ3v) is 7.97. The highest BCUT2D eigenvalue weighted by Crippen LogP contribution is 2.45. The fourth-order valence-electron chi connectivity index (χ4n) is 5.56. The standard InChI is InChI=1S/C31H61NO2/c1-5-7-8-11-15-20-28(25-26-32(3)4)21-16-12-9-10-13-17-22-29-27-30(29)23-18-14-19-24-31(33)34-6-2/h28-30H,5-27H2,1-4H3. The van der Waals surface area contributed by atoms with Crippen LogP contribution in [0, 0.1) is 17.8 Å². The lowest BCUT2D eigenvalue weighted by atomic mass is 9.91. The summed E-state index contributed by atoms with van der Waals surface area (Å²) in [6.45, 7) is 5.96. The minimum atomic E-state index is -0.0197. The summed E-state index contributed by atoms with van der Waals surface area (Å²) in [6.07, 6.45) is 28.6.